The first kappa shape index (κ1) is 13.8. The molecule has 1 aliphatic rings. The van der Waals surface area contributed by atoms with Gasteiger partial charge in [-0.3, -0.25) is 4.79 Å². The summed E-state index contributed by atoms with van der Waals surface area (Å²) in [4.78, 5) is 26.4. The molecule has 0 aromatic carbocycles. The van der Waals surface area contributed by atoms with Gasteiger partial charge < -0.3 is 20.2 Å². The average Bonchev–Trinajstić information content (AvgIpc) is 2.25. The summed E-state index contributed by atoms with van der Waals surface area (Å²) in [5.74, 6) is -1.45. The number of piperazine rings is 1. The summed E-state index contributed by atoms with van der Waals surface area (Å²) in [6.07, 6.45) is 0. The first-order valence-electron chi connectivity index (χ1n) is 5.87. The molecule has 1 aliphatic heterocycles. The summed E-state index contributed by atoms with van der Waals surface area (Å²) in [7, 11) is 2.03. The van der Waals surface area contributed by atoms with E-state index in [1.54, 1.807) is 11.8 Å². The van der Waals surface area contributed by atoms with Crippen LogP contribution in [0.5, 0.6) is 0 Å². The first-order chi connectivity index (χ1) is 7.91. The zero-order valence-corrected chi connectivity index (χ0v) is 10.6. The number of nitrogens with zero attached hydrogens (tertiary/aromatic N) is 2. The molecule has 17 heavy (non-hydrogen) atoms. The maximum absolute atomic E-state index is 11.8. The van der Waals surface area contributed by atoms with Crippen LogP contribution in [0.1, 0.15) is 13.8 Å². The highest BCUT2D eigenvalue weighted by atomic mass is 16.4. The number of amides is 2. The largest absolute Gasteiger partial charge is 0.481 e. The average molecular weight is 243 g/mol. The van der Waals surface area contributed by atoms with Crippen molar-refractivity contribution in [1.29, 1.82) is 0 Å². The van der Waals surface area contributed by atoms with Crippen LogP contribution in [-0.2, 0) is 4.79 Å². The molecule has 0 spiro atoms. The number of carboxylic acid groups (broad SMARTS) is 1. The van der Waals surface area contributed by atoms with E-state index in [0.717, 1.165) is 13.1 Å². The molecule has 0 aromatic heterocycles. The molecule has 1 fully saturated rings. The lowest BCUT2D eigenvalue weighted by Crippen LogP contribution is -2.56. The molecule has 2 unspecified atom stereocenters. The van der Waals surface area contributed by atoms with Crippen LogP contribution in [0.3, 0.4) is 0 Å². The Balaban J connectivity index is 2.40. The molecule has 6 heteroatoms. The lowest BCUT2D eigenvalue weighted by atomic mass is 10.2. The lowest BCUT2D eigenvalue weighted by Gasteiger charge is -2.38. The van der Waals surface area contributed by atoms with Crippen molar-refractivity contribution in [3.8, 4) is 0 Å². The number of urea groups is 1. The third-order valence-electron chi connectivity index (χ3n) is 3.07. The maximum atomic E-state index is 11.8. The third kappa shape index (κ3) is 3.89. The van der Waals surface area contributed by atoms with Gasteiger partial charge in [-0.2, -0.15) is 0 Å². The minimum absolute atomic E-state index is 0.161. The number of hydrogen-bond donors (Lipinski definition) is 2. The van der Waals surface area contributed by atoms with Gasteiger partial charge >= 0.3 is 12.0 Å². The van der Waals surface area contributed by atoms with Crippen molar-refractivity contribution in [3.05, 3.63) is 0 Å². The molecule has 0 aliphatic carbocycles. The van der Waals surface area contributed by atoms with Gasteiger partial charge in [-0.25, -0.2) is 4.79 Å². The first-order valence-corrected chi connectivity index (χ1v) is 5.87. The minimum atomic E-state index is -0.892. The quantitative estimate of drug-likeness (QED) is 0.735. The van der Waals surface area contributed by atoms with Gasteiger partial charge in [0.05, 0.1) is 5.92 Å². The Hall–Kier alpha value is -1.30. The maximum Gasteiger partial charge on any atom is 0.317 e. The van der Waals surface area contributed by atoms with Crippen molar-refractivity contribution in [2.45, 2.75) is 19.9 Å². The molecule has 1 rings (SSSR count). The van der Waals surface area contributed by atoms with E-state index >= 15 is 0 Å². The van der Waals surface area contributed by atoms with Crippen LogP contribution in [0.2, 0.25) is 0 Å². The summed E-state index contributed by atoms with van der Waals surface area (Å²) in [6, 6.07) is -0.00687. The van der Waals surface area contributed by atoms with Crippen LogP contribution < -0.4 is 5.32 Å². The highest BCUT2D eigenvalue weighted by Gasteiger charge is 2.26. The second-order valence-electron chi connectivity index (χ2n) is 4.73. The topological polar surface area (TPSA) is 72.9 Å². The van der Waals surface area contributed by atoms with Crippen LogP contribution in [0.4, 0.5) is 4.79 Å². The van der Waals surface area contributed by atoms with Gasteiger partial charge in [0, 0.05) is 32.2 Å². The zero-order valence-electron chi connectivity index (χ0n) is 10.6. The minimum Gasteiger partial charge on any atom is -0.481 e. The van der Waals surface area contributed by atoms with Crippen LogP contribution in [-0.4, -0.2) is 66.2 Å². The van der Waals surface area contributed by atoms with Crippen molar-refractivity contribution in [1.82, 2.24) is 15.1 Å². The molecule has 0 bridgehead atoms. The van der Waals surface area contributed by atoms with E-state index in [4.69, 9.17) is 5.11 Å². The Morgan fingerprint density at radius 1 is 1.47 bits per heavy atom. The highest BCUT2D eigenvalue weighted by molar-refractivity contribution is 5.76. The molecule has 2 atom stereocenters. The number of carbonyl (C=O) groups excluding carboxylic acids is 1. The number of aliphatic carboxylic acids is 1. The lowest BCUT2D eigenvalue weighted by molar-refractivity contribution is -0.140. The number of hydrogen-bond acceptors (Lipinski definition) is 3. The van der Waals surface area contributed by atoms with Gasteiger partial charge in [-0.15, -0.1) is 0 Å². The molecule has 2 N–H and O–H groups in total. The number of carbonyl (C=O) groups is 2. The molecule has 6 nitrogen and oxygen atoms in total. The van der Waals surface area contributed by atoms with E-state index < -0.39 is 11.9 Å². The van der Waals surface area contributed by atoms with Crippen molar-refractivity contribution in [2.75, 3.05) is 33.2 Å². The monoisotopic (exact) mass is 243 g/mol. The molecule has 0 aromatic rings. The second kappa shape index (κ2) is 5.86. The predicted molar refractivity (Wildman–Crippen MR) is 63.9 cm³/mol. The number of carboxylic acids is 1. The van der Waals surface area contributed by atoms with Crippen molar-refractivity contribution >= 4 is 12.0 Å². The van der Waals surface area contributed by atoms with Crippen molar-refractivity contribution in [3.63, 3.8) is 0 Å². The van der Waals surface area contributed by atoms with Crippen LogP contribution >= 0.6 is 0 Å². The van der Waals surface area contributed by atoms with Crippen LogP contribution in [0, 0.1) is 5.92 Å². The Morgan fingerprint density at radius 3 is 2.65 bits per heavy atom. The predicted octanol–water partition coefficient (Wildman–Crippen LogP) is 0.0526. The van der Waals surface area contributed by atoms with E-state index in [9.17, 15) is 9.59 Å². The van der Waals surface area contributed by atoms with Gasteiger partial charge in [0.1, 0.15) is 0 Å². The van der Waals surface area contributed by atoms with Crippen molar-refractivity contribution < 1.29 is 14.7 Å². The van der Waals surface area contributed by atoms with Crippen LogP contribution in [0.25, 0.3) is 0 Å². The molecule has 2 amide bonds. The Bertz CT molecular complexity index is 296. The molecule has 0 radical (unpaired) electrons. The normalized spacial score (nSPS) is 23.2. The highest BCUT2D eigenvalue weighted by Crippen LogP contribution is 2.07. The standard InChI is InChI=1S/C11H21N3O3/c1-8(10(15)16)6-12-11(17)14-5-4-13(3)7-9(14)2/h8-9H,4-7H2,1-3H3,(H,12,17)(H,15,16). The van der Waals surface area contributed by atoms with Crippen molar-refractivity contribution in [2.24, 2.45) is 5.92 Å². The molecule has 0 saturated carbocycles. The third-order valence-corrected chi connectivity index (χ3v) is 3.07. The summed E-state index contributed by atoms with van der Waals surface area (Å²) in [5.41, 5.74) is 0. The van der Waals surface area contributed by atoms with Gasteiger partial charge in [-0.1, -0.05) is 6.92 Å². The Labute approximate surface area is 102 Å². The Kier molecular flexibility index (Phi) is 4.74. The van der Waals surface area contributed by atoms with E-state index in [1.807, 2.05) is 14.0 Å². The fourth-order valence-corrected chi connectivity index (χ4v) is 1.87. The SMILES string of the molecule is CC(CNC(=O)N1CCN(C)CC1C)C(=O)O. The Morgan fingerprint density at radius 2 is 2.12 bits per heavy atom. The van der Waals surface area contributed by atoms with Gasteiger partial charge in [0.25, 0.3) is 0 Å². The fourth-order valence-electron chi connectivity index (χ4n) is 1.87. The van der Waals surface area contributed by atoms with Gasteiger partial charge in [-0.05, 0) is 14.0 Å². The van der Waals surface area contributed by atoms with E-state index in [1.165, 1.54) is 0 Å². The molecular weight excluding hydrogens is 222 g/mol. The smallest absolute Gasteiger partial charge is 0.317 e. The van der Waals surface area contributed by atoms with Gasteiger partial charge in [0.15, 0.2) is 0 Å². The fraction of sp³-hybridized carbons (Fsp3) is 0.818. The van der Waals surface area contributed by atoms with Crippen LogP contribution in [0.15, 0.2) is 0 Å². The number of rotatable bonds is 3. The van der Waals surface area contributed by atoms with E-state index in [2.05, 4.69) is 10.2 Å². The summed E-state index contributed by atoms with van der Waals surface area (Å²) in [6.45, 7) is 6.14. The molecular formula is C11H21N3O3. The summed E-state index contributed by atoms with van der Waals surface area (Å²) < 4.78 is 0. The van der Waals surface area contributed by atoms with E-state index in [0.29, 0.717) is 6.54 Å². The molecule has 98 valence electrons. The number of nitrogens with one attached hydrogen (secondary N) is 1. The van der Waals surface area contributed by atoms with Gasteiger partial charge in [0.2, 0.25) is 0 Å². The number of likely N-dealkylation sites (N-methyl/N-ethyl adjacent to an activating group) is 1. The second-order valence-corrected chi connectivity index (χ2v) is 4.73. The molecule has 1 heterocycles. The summed E-state index contributed by atoms with van der Waals surface area (Å²) in [5, 5.41) is 11.4. The van der Waals surface area contributed by atoms with E-state index in [-0.39, 0.29) is 18.6 Å². The zero-order chi connectivity index (χ0) is 13.0. The molecule has 1 saturated heterocycles. The summed E-state index contributed by atoms with van der Waals surface area (Å²) >= 11 is 0.